The number of rotatable bonds is 4. The van der Waals surface area contributed by atoms with Crippen molar-refractivity contribution in [1.82, 2.24) is 4.98 Å². The number of methoxy groups -OCH3 is 1. The minimum absolute atomic E-state index is 0.0605. The summed E-state index contributed by atoms with van der Waals surface area (Å²) in [6.45, 7) is 7.91. The zero-order chi connectivity index (χ0) is 16.3. The first-order valence-electron chi connectivity index (χ1n) is 7.20. The molecule has 1 N–H and O–H groups in total. The number of anilines is 1. The van der Waals surface area contributed by atoms with E-state index in [4.69, 9.17) is 4.74 Å². The summed E-state index contributed by atoms with van der Waals surface area (Å²) in [5.74, 6) is 0.758. The Balaban J connectivity index is 2.31. The third kappa shape index (κ3) is 4.07. The van der Waals surface area contributed by atoms with E-state index in [1.54, 1.807) is 18.4 Å². The van der Waals surface area contributed by atoms with Gasteiger partial charge in [0.1, 0.15) is 5.75 Å². The van der Waals surface area contributed by atoms with E-state index in [2.05, 4.69) is 43.2 Å². The van der Waals surface area contributed by atoms with Crippen LogP contribution in [0.5, 0.6) is 5.75 Å². The van der Waals surface area contributed by atoms with Crippen LogP contribution in [-0.2, 0) is 16.6 Å². The Hall–Kier alpha value is -1.88. The lowest BCUT2D eigenvalue weighted by Crippen LogP contribution is -2.14. The fraction of sp³-hybridized carbons (Fsp3) is 0.412. The molecule has 0 saturated carbocycles. The quantitative estimate of drug-likeness (QED) is 0.927. The van der Waals surface area contributed by atoms with Gasteiger partial charge in [-0.15, -0.1) is 11.3 Å². The predicted octanol–water partition coefficient (Wildman–Crippen LogP) is 4.00. The van der Waals surface area contributed by atoms with Crippen molar-refractivity contribution in [2.45, 2.75) is 39.5 Å². The Bertz CT molecular complexity index is 654. The molecule has 0 atom stereocenters. The van der Waals surface area contributed by atoms with Crippen LogP contribution in [0.3, 0.4) is 0 Å². The number of hydrogen-bond acceptors (Lipinski definition) is 4. The molecule has 1 aromatic carbocycles. The van der Waals surface area contributed by atoms with E-state index in [-0.39, 0.29) is 11.3 Å². The van der Waals surface area contributed by atoms with Gasteiger partial charge in [0.2, 0.25) is 5.91 Å². The van der Waals surface area contributed by atoms with E-state index < -0.39 is 0 Å². The van der Waals surface area contributed by atoms with Gasteiger partial charge in [-0.3, -0.25) is 4.79 Å². The van der Waals surface area contributed by atoms with Gasteiger partial charge in [0.15, 0.2) is 5.13 Å². The van der Waals surface area contributed by atoms with Gasteiger partial charge in [-0.25, -0.2) is 4.98 Å². The molecular formula is C17H22N2O2S. The summed E-state index contributed by atoms with van der Waals surface area (Å²) in [7, 11) is 1.66. The number of hydrogen-bond donors (Lipinski definition) is 1. The van der Waals surface area contributed by atoms with Gasteiger partial charge in [0, 0.05) is 23.6 Å². The molecule has 0 unspecified atom stereocenters. The van der Waals surface area contributed by atoms with E-state index in [0.29, 0.717) is 5.13 Å². The lowest BCUT2D eigenvalue weighted by Gasteiger charge is -2.17. The molecule has 2 aromatic rings. The second-order valence-electron chi connectivity index (χ2n) is 6.25. The van der Waals surface area contributed by atoms with Crippen molar-refractivity contribution >= 4 is 22.4 Å². The van der Waals surface area contributed by atoms with E-state index in [0.717, 1.165) is 17.9 Å². The average molecular weight is 318 g/mol. The number of nitrogens with zero attached hydrogens (tertiary/aromatic N) is 1. The molecule has 2 rings (SSSR count). The molecule has 118 valence electrons. The normalized spacial score (nSPS) is 11.3. The fourth-order valence-corrected chi connectivity index (χ4v) is 3.44. The highest BCUT2D eigenvalue weighted by Crippen LogP contribution is 2.33. The molecule has 5 heteroatoms. The van der Waals surface area contributed by atoms with Crippen LogP contribution in [0.2, 0.25) is 0 Å². The molecule has 0 aliphatic rings. The number of thiazole rings is 1. The monoisotopic (exact) mass is 318 g/mol. The Morgan fingerprint density at radius 1 is 1.27 bits per heavy atom. The maximum Gasteiger partial charge on any atom is 0.223 e. The summed E-state index contributed by atoms with van der Waals surface area (Å²) >= 11 is 1.55. The second-order valence-corrected chi connectivity index (χ2v) is 7.33. The standard InChI is InChI=1S/C17H22N2O2S/c1-11(20)18-16-19-15(17(2,3)4)14(22-16)10-12-6-8-13(21-5)9-7-12/h6-9H,10H2,1-5H3,(H,18,19,20). The summed E-state index contributed by atoms with van der Waals surface area (Å²) in [6, 6.07) is 8.04. The number of benzene rings is 1. The van der Waals surface area contributed by atoms with E-state index >= 15 is 0 Å². The lowest BCUT2D eigenvalue weighted by molar-refractivity contribution is -0.114. The first-order valence-corrected chi connectivity index (χ1v) is 8.02. The summed E-state index contributed by atoms with van der Waals surface area (Å²) in [5.41, 5.74) is 2.18. The maximum atomic E-state index is 11.3. The van der Waals surface area contributed by atoms with Gasteiger partial charge in [-0.05, 0) is 17.7 Å². The third-order valence-electron chi connectivity index (χ3n) is 3.21. The van der Waals surface area contributed by atoms with Crippen LogP contribution in [0, 0.1) is 0 Å². The van der Waals surface area contributed by atoms with Crippen LogP contribution >= 0.6 is 11.3 Å². The Labute approximate surface area is 135 Å². The van der Waals surface area contributed by atoms with Crippen molar-refractivity contribution in [3.8, 4) is 5.75 Å². The number of amides is 1. The van der Waals surface area contributed by atoms with Crippen LogP contribution < -0.4 is 10.1 Å². The van der Waals surface area contributed by atoms with Gasteiger partial charge in [-0.1, -0.05) is 32.9 Å². The number of carbonyl (C=O) groups is 1. The molecule has 0 fully saturated rings. The van der Waals surface area contributed by atoms with E-state index in [1.165, 1.54) is 17.4 Å². The van der Waals surface area contributed by atoms with Gasteiger partial charge < -0.3 is 10.1 Å². The number of aromatic nitrogens is 1. The summed E-state index contributed by atoms with van der Waals surface area (Å²) in [5, 5.41) is 3.46. The Morgan fingerprint density at radius 3 is 2.41 bits per heavy atom. The zero-order valence-electron chi connectivity index (χ0n) is 13.7. The third-order valence-corrected chi connectivity index (χ3v) is 4.19. The van der Waals surface area contributed by atoms with E-state index in [1.807, 2.05) is 12.1 Å². The van der Waals surface area contributed by atoms with Gasteiger partial charge in [0.05, 0.1) is 12.8 Å². The molecule has 0 radical (unpaired) electrons. The van der Waals surface area contributed by atoms with E-state index in [9.17, 15) is 4.79 Å². The second kappa shape index (κ2) is 6.48. The maximum absolute atomic E-state index is 11.3. The highest BCUT2D eigenvalue weighted by Gasteiger charge is 2.23. The Morgan fingerprint density at radius 2 is 1.91 bits per heavy atom. The van der Waals surface area contributed by atoms with Crippen molar-refractivity contribution in [2.75, 3.05) is 12.4 Å². The molecular weight excluding hydrogens is 296 g/mol. The van der Waals surface area contributed by atoms with Crippen LogP contribution in [0.25, 0.3) is 0 Å². The topological polar surface area (TPSA) is 51.2 Å². The molecule has 1 heterocycles. The number of carbonyl (C=O) groups excluding carboxylic acids is 1. The molecule has 0 bridgehead atoms. The first kappa shape index (κ1) is 16.5. The minimum Gasteiger partial charge on any atom is -0.497 e. The molecule has 1 aromatic heterocycles. The van der Waals surface area contributed by atoms with Gasteiger partial charge >= 0.3 is 0 Å². The first-order chi connectivity index (χ1) is 10.3. The number of nitrogens with one attached hydrogen (secondary N) is 1. The van der Waals surface area contributed by atoms with Crippen LogP contribution in [0.1, 0.15) is 43.8 Å². The highest BCUT2D eigenvalue weighted by atomic mass is 32.1. The molecule has 0 spiro atoms. The summed E-state index contributed by atoms with van der Waals surface area (Å²) in [6.07, 6.45) is 0.799. The summed E-state index contributed by atoms with van der Waals surface area (Å²) < 4.78 is 5.19. The molecule has 0 saturated heterocycles. The SMILES string of the molecule is COc1ccc(Cc2sc(NC(C)=O)nc2C(C)(C)C)cc1. The van der Waals surface area contributed by atoms with Crippen molar-refractivity contribution < 1.29 is 9.53 Å². The number of ether oxygens (including phenoxy) is 1. The van der Waals surface area contributed by atoms with Crippen LogP contribution in [-0.4, -0.2) is 18.0 Å². The smallest absolute Gasteiger partial charge is 0.223 e. The highest BCUT2D eigenvalue weighted by molar-refractivity contribution is 7.15. The van der Waals surface area contributed by atoms with Crippen molar-refractivity contribution in [3.63, 3.8) is 0 Å². The van der Waals surface area contributed by atoms with Gasteiger partial charge in [0.25, 0.3) is 0 Å². The van der Waals surface area contributed by atoms with Crippen LogP contribution in [0.15, 0.2) is 24.3 Å². The van der Waals surface area contributed by atoms with Crippen molar-refractivity contribution in [2.24, 2.45) is 0 Å². The molecule has 0 aliphatic carbocycles. The average Bonchev–Trinajstić information content (AvgIpc) is 2.81. The fourth-order valence-electron chi connectivity index (χ4n) is 2.19. The van der Waals surface area contributed by atoms with Crippen LogP contribution in [0.4, 0.5) is 5.13 Å². The lowest BCUT2D eigenvalue weighted by atomic mass is 9.90. The van der Waals surface area contributed by atoms with Gasteiger partial charge in [-0.2, -0.15) is 0 Å². The molecule has 0 aliphatic heterocycles. The molecule has 22 heavy (non-hydrogen) atoms. The molecule has 1 amide bonds. The van der Waals surface area contributed by atoms with Crippen molar-refractivity contribution in [3.05, 3.63) is 40.4 Å². The predicted molar refractivity (Wildman–Crippen MR) is 90.9 cm³/mol. The molecule has 4 nitrogen and oxygen atoms in total. The largest absolute Gasteiger partial charge is 0.497 e. The Kier molecular flexibility index (Phi) is 4.86. The minimum atomic E-state index is -0.0924. The summed E-state index contributed by atoms with van der Waals surface area (Å²) in [4.78, 5) is 17.0. The van der Waals surface area contributed by atoms with Crippen molar-refractivity contribution in [1.29, 1.82) is 0 Å². The zero-order valence-corrected chi connectivity index (χ0v) is 14.5.